The Bertz CT molecular complexity index is 686. The first kappa shape index (κ1) is 18.7. The fourth-order valence-corrected chi connectivity index (χ4v) is 2.21. The van der Waals surface area contributed by atoms with E-state index in [1.807, 2.05) is 84.9 Å². The number of aromatic nitrogens is 2. The molecular formula is C22H16IrN2+. The predicted octanol–water partition coefficient (Wildman–Crippen LogP) is 5.10. The minimum absolute atomic E-state index is 0. The second-order valence-electron chi connectivity index (χ2n) is 5.06. The molecule has 2 heterocycles. The Morgan fingerprint density at radius 3 is 1.20 bits per heavy atom. The van der Waals surface area contributed by atoms with Gasteiger partial charge in [0.25, 0.3) is 0 Å². The molecule has 0 aliphatic carbocycles. The van der Waals surface area contributed by atoms with Crippen molar-refractivity contribution in [2.45, 2.75) is 0 Å². The van der Waals surface area contributed by atoms with Gasteiger partial charge in [-0.15, -0.1) is 35.4 Å². The second-order valence-corrected chi connectivity index (χ2v) is 5.06. The molecule has 0 N–H and O–H groups in total. The SMILES string of the molecule is [Ir+3].[c-]1ncccc1-c1ccccc1.[c-]1ncccc1-c1ccccc1. The third-order valence-corrected chi connectivity index (χ3v) is 3.39. The summed E-state index contributed by atoms with van der Waals surface area (Å²) in [6, 6.07) is 28.1. The largest absolute Gasteiger partial charge is 3.00 e. The van der Waals surface area contributed by atoms with Crippen LogP contribution in [0.1, 0.15) is 0 Å². The van der Waals surface area contributed by atoms with Gasteiger partial charge >= 0.3 is 20.1 Å². The van der Waals surface area contributed by atoms with Gasteiger partial charge in [0.2, 0.25) is 0 Å². The fourth-order valence-electron chi connectivity index (χ4n) is 2.21. The topological polar surface area (TPSA) is 25.8 Å². The first-order valence-electron chi connectivity index (χ1n) is 7.70. The van der Waals surface area contributed by atoms with Crippen molar-refractivity contribution >= 4 is 0 Å². The van der Waals surface area contributed by atoms with Crippen molar-refractivity contribution in [2.75, 3.05) is 0 Å². The molecule has 4 rings (SSSR count). The maximum atomic E-state index is 3.94. The van der Waals surface area contributed by atoms with E-state index in [4.69, 9.17) is 0 Å². The summed E-state index contributed by atoms with van der Waals surface area (Å²) in [5.41, 5.74) is 4.40. The molecule has 0 amide bonds. The molecule has 3 heteroatoms. The van der Waals surface area contributed by atoms with E-state index >= 15 is 0 Å². The molecule has 0 aliphatic heterocycles. The predicted molar refractivity (Wildman–Crippen MR) is 97.0 cm³/mol. The van der Waals surface area contributed by atoms with Crippen LogP contribution in [0.15, 0.2) is 97.3 Å². The van der Waals surface area contributed by atoms with E-state index in [-0.39, 0.29) is 20.1 Å². The monoisotopic (exact) mass is 501 g/mol. The van der Waals surface area contributed by atoms with E-state index in [2.05, 4.69) is 22.4 Å². The zero-order valence-corrected chi connectivity index (χ0v) is 15.9. The summed E-state index contributed by atoms with van der Waals surface area (Å²) in [6.45, 7) is 0. The van der Waals surface area contributed by atoms with Gasteiger partial charge in [-0.25, -0.2) is 0 Å². The van der Waals surface area contributed by atoms with Crippen LogP contribution in [0.3, 0.4) is 0 Å². The number of nitrogens with zero attached hydrogens (tertiary/aromatic N) is 2. The number of hydrogen-bond donors (Lipinski definition) is 0. The molecule has 0 unspecified atom stereocenters. The van der Waals surface area contributed by atoms with Crippen LogP contribution in [0.2, 0.25) is 0 Å². The maximum Gasteiger partial charge on any atom is 3.00 e. The molecule has 0 saturated heterocycles. The van der Waals surface area contributed by atoms with Crippen LogP contribution in [-0.2, 0) is 20.1 Å². The van der Waals surface area contributed by atoms with E-state index in [1.165, 1.54) is 0 Å². The normalized spacial score (nSPS) is 9.28. The molecule has 0 aliphatic rings. The average molecular weight is 501 g/mol. The summed E-state index contributed by atoms with van der Waals surface area (Å²) in [6.07, 6.45) is 9.33. The van der Waals surface area contributed by atoms with Crippen molar-refractivity contribution in [1.29, 1.82) is 0 Å². The van der Waals surface area contributed by atoms with Crippen molar-refractivity contribution in [3.8, 4) is 22.3 Å². The van der Waals surface area contributed by atoms with Crippen LogP contribution >= 0.6 is 0 Å². The Hall–Kier alpha value is -2.61. The molecule has 4 aromatic rings. The van der Waals surface area contributed by atoms with Gasteiger partial charge in [-0.2, -0.15) is 0 Å². The first-order valence-corrected chi connectivity index (χ1v) is 7.70. The van der Waals surface area contributed by atoms with E-state index in [0.717, 1.165) is 22.3 Å². The van der Waals surface area contributed by atoms with Gasteiger partial charge in [0, 0.05) is 0 Å². The van der Waals surface area contributed by atoms with Gasteiger partial charge in [0.1, 0.15) is 0 Å². The van der Waals surface area contributed by atoms with Crippen molar-refractivity contribution in [3.05, 3.63) is 110 Å². The zero-order valence-electron chi connectivity index (χ0n) is 13.5. The van der Waals surface area contributed by atoms with Gasteiger partial charge < -0.3 is 9.97 Å². The average Bonchev–Trinajstić information content (AvgIpc) is 2.71. The van der Waals surface area contributed by atoms with E-state index in [0.29, 0.717) is 0 Å². The van der Waals surface area contributed by atoms with Crippen LogP contribution in [0.4, 0.5) is 0 Å². The molecule has 0 radical (unpaired) electrons. The third kappa shape index (κ3) is 5.75. The number of pyridine rings is 2. The molecule has 0 atom stereocenters. The van der Waals surface area contributed by atoms with Crippen molar-refractivity contribution in [3.63, 3.8) is 0 Å². The molecule has 0 spiro atoms. The third-order valence-electron chi connectivity index (χ3n) is 3.39. The Morgan fingerprint density at radius 2 is 0.880 bits per heavy atom. The van der Waals surface area contributed by atoms with Gasteiger partial charge in [-0.05, 0) is 12.4 Å². The minimum Gasteiger partial charge on any atom is -0.360 e. The summed E-state index contributed by atoms with van der Waals surface area (Å²) in [7, 11) is 0. The molecule has 0 fully saturated rings. The molecule has 0 bridgehead atoms. The fraction of sp³-hybridized carbons (Fsp3) is 0. The molecule has 0 saturated carbocycles. The zero-order chi connectivity index (χ0) is 16.5. The standard InChI is InChI=1S/2C11H8N.Ir/c2*1-2-5-10(6-3-1)11-7-4-8-12-9-11;/h2*1-8H;/q2*-1;+3. The summed E-state index contributed by atoms with van der Waals surface area (Å²) in [5.74, 6) is 0. The Morgan fingerprint density at radius 1 is 0.480 bits per heavy atom. The summed E-state index contributed by atoms with van der Waals surface area (Å²) in [4.78, 5) is 7.87. The molecule has 2 aromatic carbocycles. The van der Waals surface area contributed by atoms with Crippen LogP contribution in [-0.4, -0.2) is 9.97 Å². The Labute approximate surface area is 162 Å². The minimum atomic E-state index is 0. The number of hydrogen-bond acceptors (Lipinski definition) is 2. The summed E-state index contributed by atoms with van der Waals surface area (Å²) in [5, 5.41) is 0. The van der Waals surface area contributed by atoms with E-state index in [1.54, 1.807) is 12.4 Å². The van der Waals surface area contributed by atoms with Gasteiger partial charge in [0.15, 0.2) is 0 Å². The Kier molecular flexibility index (Phi) is 7.71. The number of benzene rings is 2. The van der Waals surface area contributed by atoms with Crippen molar-refractivity contribution in [2.24, 2.45) is 0 Å². The molecule has 122 valence electrons. The number of rotatable bonds is 2. The van der Waals surface area contributed by atoms with Crippen LogP contribution < -0.4 is 0 Å². The molecule has 2 nitrogen and oxygen atoms in total. The van der Waals surface area contributed by atoms with E-state index < -0.39 is 0 Å². The summed E-state index contributed by atoms with van der Waals surface area (Å²) < 4.78 is 0. The molecular weight excluding hydrogens is 484 g/mol. The van der Waals surface area contributed by atoms with Gasteiger partial charge in [-0.3, -0.25) is 0 Å². The Balaban J connectivity index is 0.000000173. The van der Waals surface area contributed by atoms with Gasteiger partial charge in [-0.1, -0.05) is 84.2 Å². The summed E-state index contributed by atoms with van der Waals surface area (Å²) >= 11 is 0. The van der Waals surface area contributed by atoms with Crippen LogP contribution in [0.5, 0.6) is 0 Å². The van der Waals surface area contributed by atoms with Crippen LogP contribution in [0, 0.1) is 12.4 Å². The quantitative estimate of drug-likeness (QED) is 0.358. The van der Waals surface area contributed by atoms with Gasteiger partial charge in [0.05, 0.1) is 0 Å². The molecule has 2 aromatic heterocycles. The second kappa shape index (κ2) is 10.3. The van der Waals surface area contributed by atoms with Crippen molar-refractivity contribution in [1.82, 2.24) is 9.97 Å². The van der Waals surface area contributed by atoms with E-state index in [9.17, 15) is 0 Å². The maximum absolute atomic E-state index is 3.94. The van der Waals surface area contributed by atoms with Crippen LogP contribution in [0.25, 0.3) is 22.3 Å². The van der Waals surface area contributed by atoms with Crippen molar-refractivity contribution < 1.29 is 20.1 Å². The molecule has 25 heavy (non-hydrogen) atoms. The first-order chi connectivity index (χ1) is 11.9. The smallest absolute Gasteiger partial charge is 0.360 e.